The molecule has 1 saturated heterocycles. The summed E-state index contributed by atoms with van der Waals surface area (Å²) in [4.78, 5) is 38.1. The SMILES string of the molecule is O=Cc1ccc(N2CCC(=O)NC2=O)nc1. The van der Waals surface area contributed by atoms with Crippen LogP contribution in [-0.2, 0) is 4.79 Å². The number of urea groups is 1. The van der Waals surface area contributed by atoms with E-state index in [0.29, 0.717) is 24.2 Å². The van der Waals surface area contributed by atoms with Gasteiger partial charge in [0.05, 0.1) is 0 Å². The van der Waals surface area contributed by atoms with Crippen molar-refractivity contribution in [2.75, 3.05) is 11.4 Å². The molecule has 1 aromatic heterocycles. The van der Waals surface area contributed by atoms with E-state index < -0.39 is 6.03 Å². The number of anilines is 1. The zero-order chi connectivity index (χ0) is 11.5. The number of aldehydes is 1. The zero-order valence-electron chi connectivity index (χ0n) is 8.34. The van der Waals surface area contributed by atoms with Crippen molar-refractivity contribution in [3.05, 3.63) is 23.9 Å². The second kappa shape index (κ2) is 4.09. The Kier molecular flexibility index (Phi) is 2.63. The molecule has 1 aromatic rings. The van der Waals surface area contributed by atoms with E-state index in [2.05, 4.69) is 10.3 Å². The van der Waals surface area contributed by atoms with E-state index in [9.17, 15) is 14.4 Å². The standard InChI is InChI=1S/C10H9N3O3/c14-6-7-1-2-8(11-5-7)13-4-3-9(15)12-10(13)16/h1-2,5-6H,3-4H2,(H,12,15,16). The number of nitrogens with zero attached hydrogens (tertiary/aromatic N) is 2. The first-order valence-electron chi connectivity index (χ1n) is 4.73. The van der Waals surface area contributed by atoms with Gasteiger partial charge in [0, 0.05) is 24.7 Å². The monoisotopic (exact) mass is 219 g/mol. The summed E-state index contributed by atoms with van der Waals surface area (Å²) >= 11 is 0. The van der Waals surface area contributed by atoms with Crippen LogP contribution < -0.4 is 10.2 Å². The zero-order valence-corrected chi connectivity index (χ0v) is 8.34. The second-order valence-electron chi connectivity index (χ2n) is 3.32. The Labute approximate surface area is 91.3 Å². The predicted molar refractivity (Wildman–Crippen MR) is 55.1 cm³/mol. The highest BCUT2D eigenvalue weighted by Gasteiger charge is 2.24. The third-order valence-corrected chi connectivity index (χ3v) is 2.24. The van der Waals surface area contributed by atoms with Gasteiger partial charge in [-0.05, 0) is 12.1 Å². The number of imide groups is 1. The molecule has 2 heterocycles. The van der Waals surface area contributed by atoms with E-state index in [1.165, 1.54) is 11.1 Å². The molecule has 16 heavy (non-hydrogen) atoms. The molecule has 1 aliphatic heterocycles. The maximum atomic E-state index is 11.4. The number of nitrogens with one attached hydrogen (secondary N) is 1. The summed E-state index contributed by atoms with van der Waals surface area (Å²) < 4.78 is 0. The Hall–Kier alpha value is -2.24. The minimum Gasteiger partial charge on any atom is -0.298 e. The molecule has 0 radical (unpaired) electrons. The molecule has 0 bridgehead atoms. The van der Waals surface area contributed by atoms with Gasteiger partial charge in [-0.3, -0.25) is 19.8 Å². The molecule has 0 unspecified atom stereocenters. The molecule has 0 atom stereocenters. The van der Waals surface area contributed by atoms with Crippen molar-refractivity contribution in [1.82, 2.24) is 10.3 Å². The number of aromatic nitrogens is 1. The van der Waals surface area contributed by atoms with Gasteiger partial charge < -0.3 is 0 Å². The second-order valence-corrected chi connectivity index (χ2v) is 3.32. The van der Waals surface area contributed by atoms with Crippen LogP contribution in [0, 0.1) is 0 Å². The summed E-state index contributed by atoms with van der Waals surface area (Å²) in [6.07, 6.45) is 2.31. The van der Waals surface area contributed by atoms with Crippen LogP contribution in [0.4, 0.5) is 10.6 Å². The molecule has 0 aliphatic carbocycles. The molecular formula is C10H9N3O3. The lowest BCUT2D eigenvalue weighted by Gasteiger charge is -2.25. The Bertz CT molecular complexity index is 441. The largest absolute Gasteiger partial charge is 0.329 e. The molecule has 1 fully saturated rings. The molecule has 6 nitrogen and oxygen atoms in total. The van der Waals surface area contributed by atoms with Crippen LogP contribution in [0.5, 0.6) is 0 Å². The molecule has 0 aromatic carbocycles. The third-order valence-electron chi connectivity index (χ3n) is 2.24. The molecule has 3 amide bonds. The van der Waals surface area contributed by atoms with Gasteiger partial charge in [-0.25, -0.2) is 9.78 Å². The Morgan fingerprint density at radius 2 is 2.19 bits per heavy atom. The van der Waals surface area contributed by atoms with E-state index in [0.717, 1.165) is 0 Å². The minimum atomic E-state index is -0.484. The third kappa shape index (κ3) is 1.90. The number of hydrogen-bond donors (Lipinski definition) is 1. The molecule has 1 aliphatic rings. The Balaban J connectivity index is 2.20. The lowest BCUT2D eigenvalue weighted by atomic mass is 10.2. The van der Waals surface area contributed by atoms with Crippen LogP contribution in [0.15, 0.2) is 18.3 Å². The van der Waals surface area contributed by atoms with Crippen molar-refractivity contribution in [2.24, 2.45) is 0 Å². The first-order valence-corrected chi connectivity index (χ1v) is 4.73. The first kappa shape index (κ1) is 10.3. The first-order chi connectivity index (χ1) is 7.70. The van der Waals surface area contributed by atoms with Crippen LogP contribution >= 0.6 is 0 Å². The Morgan fingerprint density at radius 3 is 2.75 bits per heavy atom. The number of amides is 3. The highest BCUT2D eigenvalue weighted by molar-refractivity contribution is 6.05. The van der Waals surface area contributed by atoms with E-state index in [1.807, 2.05) is 0 Å². The van der Waals surface area contributed by atoms with Gasteiger partial charge in [0.2, 0.25) is 5.91 Å². The van der Waals surface area contributed by atoms with Crippen LogP contribution in [0.25, 0.3) is 0 Å². The number of rotatable bonds is 2. The summed E-state index contributed by atoms with van der Waals surface area (Å²) in [5.41, 5.74) is 0.442. The molecule has 6 heteroatoms. The minimum absolute atomic E-state index is 0.253. The number of carbonyl (C=O) groups excluding carboxylic acids is 3. The smallest absolute Gasteiger partial charge is 0.298 e. The van der Waals surface area contributed by atoms with E-state index >= 15 is 0 Å². The van der Waals surface area contributed by atoms with E-state index in [4.69, 9.17) is 0 Å². The van der Waals surface area contributed by atoms with E-state index in [-0.39, 0.29) is 12.3 Å². The Morgan fingerprint density at radius 1 is 1.38 bits per heavy atom. The number of pyridine rings is 1. The summed E-state index contributed by atoms with van der Waals surface area (Å²) in [6.45, 7) is 0.304. The highest BCUT2D eigenvalue weighted by Crippen LogP contribution is 2.13. The average molecular weight is 219 g/mol. The van der Waals surface area contributed by atoms with Crippen molar-refractivity contribution >= 4 is 24.0 Å². The average Bonchev–Trinajstić information content (AvgIpc) is 2.29. The lowest BCUT2D eigenvalue weighted by Crippen LogP contribution is -2.49. The summed E-state index contributed by atoms with van der Waals surface area (Å²) in [5, 5.41) is 2.19. The van der Waals surface area contributed by atoms with Gasteiger partial charge in [-0.1, -0.05) is 0 Å². The van der Waals surface area contributed by atoms with Gasteiger partial charge in [-0.15, -0.1) is 0 Å². The van der Waals surface area contributed by atoms with Gasteiger partial charge in [-0.2, -0.15) is 0 Å². The number of carbonyl (C=O) groups is 3. The summed E-state index contributed by atoms with van der Waals surface area (Å²) in [5.74, 6) is 0.140. The summed E-state index contributed by atoms with van der Waals surface area (Å²) in [6, 6.07) is 2.65. The van der Waals surface area contributed by atoms with Gasteiger partial charge in [0.25, 0.3) is 0 Å². The van der Waals surface area contributed by atoms with E-state index in [1.54, 1.807) is 12.1 Å². The fraction of sp³-hybridized carbons (Fsp3) is 0.200. The van der Waals surface area contributed by atoms with Crippen LogP contribution in [0.1, 0.15) is 16.8 Å². The molecule has 0 spiro atoms. The summed E-state index contributed by atoms with van der Waals surface area (Å²) in [7, 11) is 0. The molecular weight excluding hydrogens is 210 g/mol. The van der Waals surface area contributed by atoms with Crippen molar-refractivity contribution in [3.8, 4) is 0 Å². The number of hydrogen-bond acceptors (Lipinski definition) is 4. The van der Waals surface area contributed by atoms with Gasteiger partial charge >= 0.3 is 6.03 Å². The van der Waals surface area contributed by atoms with Gasteiger partial charge in [0.1, 0.15) is 5.82 Å². The van der Waals surface area contributed by atoms with Crippen LogP contribution in [0.3, 0.4) is 0 Å². The lowest BCUT2D eigenvalue weighted by molar-refractivity contribution is -0.120. The van der Waals surface area contributed by atoms with Crippen molar-refractivity contribution in [3.63, 3.8) is 0 Å². The fourth-order valence-corrected chi connectivity index (χ4v) is 1.41. The van der Waals surface area contributed by atoms with Crippen molar-refractivity contribution < 1.29 is 14.4 Å². The van der Waals surface area contributed by atoms with Crippen molar-refractivity contribution in [2.45, 2.75) is 6.42 Å². The predicted octanol–water partition coefficient (Wildman–Crippen LogP) is 0.340. The van der Waals surface area contributed by atoms with Crippen molar-refractivity contribution in [1.29, 1.82) is 0 Å². The van der Waals surface area contributed by atoms with Gasteiger partial charge in [0.15, 0.2) is 6.29 Å². The fourth-order valence-electron chi connectivity index (χ4n) is 1.41. The quantitative estimate of drug-likeness (QED) is 0.727. The van der Waals surface area contributed by atoms with Crippen LogP contribution in [-0.4, -0.2) is 29.8 Å². The maximum Gasteiger partial charge on any atom is 0.329 e. The van der Waals surface area contributed by atoms with Crippen LogP contribution in [0.2, 0.25) is 0 Å². The maximum absolute atomic E-state index is 11.4. The topological polar surface area (TPSA) is 79.4 Å². The molecule has 1 N–H and O–H groups in total. The molecule has 2 rings (SSSR count). The highest BCUT2D eigenvalue weighted by atomic mass is 16.2. The molecule has 82 valence electrons. The normalized spacial score (nSPS) is 15.9. The molecule has 0 saturated carbocycles.